The number of hydrogen-bond donors (Lipinski definition) is 1. The van der Waals surface area contributed by atoms with Crippen LogP contribution in [0.25, 0.3) is 0 Å². The highest BCUT2D eigenvalue weighted by atomic mass is 19.4. The molecule has 0 spiro atoms. The number of nitrogens with one attached hydrogen (secondary N) is 1. The van der Waals surface area contributed by atoms with Gasteiger partial charge in [0.2, 0.25) is 0 Å². The molecule has 0 radical (unpaired) electrons. The zero-order valence-electron chi connectivity index (χ0n) is 16.2. The van der Waals surface area contributed by atoms with Crippen molar-refractivity contribution < 1.29 is 57.5 Å². The summed E-state index contributed by atoms with van der Waals surface area (Å²) in [5.41, 5.74) is -15.6. The lowest BCUT2D eigenvalue weighted by atomic mass is 9.90. The molecule has 3 nitrogen and oxygen atoms in total. The maximum atomic E-state index is 14.3. The number of alkyl halides is 10. The number of nitrogens with zero attached hydrogens (tertiary/aromatic N) is 1. The van der Waals surface area contributed by atoms with E-state index in [0.717, 1.165) is 0 Å². The van der Waals surface area contributed by atoms with Gasteiger partial charge in [-0.1, -0.05) is 6.07 Å². The summed E-state index contributed by atoms with van der Waals surface area (Å²) >= 11 is 0. The molecule has 2 aromatic carbocycles. The Balaban J connectivity index is 2.72. The van der Waals surface area contributed by atoms with Crippen LogP contribution >= 0.6 is 0 Å². The molecule has 1 N–H and O–H groups in total. The van der Waals surface area contributed by atoms with E-state index in [1.54, 1.807) is 0 Å². The number of carbonyl (C=O) groups excluding carboxylic acids is 1. The van der Waals surface area contributed by atoms with E-state index in [-0.39, 0.29) is 6.07 Å². The molecule has 0 saturated heterocycles. The third-order valence-corrected chi connectivity index (χ3v) is 4.51. The van der Waals surface area contributed by atoms with Crippen LogP contribution in [0.3, 0.4) is 0 Å². The summed E-state index contributed by atoms with van der Waals surface area (Å²) in [5, 5.41) is 10.0. The minimum Gasteiger partial charge on any atom is -0.321 e. The largest absolute Gasteiger partial charge is 0.435 e. The lowest BCUT2D eigenvalue weighted by Crippen LogP contribution is -2.50. The third kappa shape index (κ3) is 4.48. The zero-order valence-corrected chi connectivity index (χ0v) is 16.2. The summed E-state index contributed by atoms with van der Waals surface area (Å²) in [7, 11) is 0. The monoisotopic (exact) mass is 508 g/mol. The predicted octanol–water partition coefficient (Wildman–Crippen LogP) is 6.71. The number of nitriles is 1. The first-order valence-electron chi connectivity index (χ1n) is 8.51. The molecule has 0 aliphatic rings. The Hall–Kier alpha value is -3.44. The second kappa shape index (κ2) is 8.41. The minimum absolute atomic E-state index is 0.221. The molecule has 184 valence electrons. The summed E-state index contributed by atoms with van der Waals surface area (Å²) in [6, 6.07) is 1.31. The standard InChI is InChI=1S/C19H8F12N2O/c1-7-4-9(16(22,18(26,27)28)19(29,30)31)5-11(17(23,24)25)14(7)33-15(34)10-3-2-8(6-32)12(20)13(10)21/h2-5H,1H3,(H,33,34). The number of aryl methyl sites for hydroxylation is 1. The maximum Gasteiger partial charge on any atom is 0.435 e. The van der Waals surface area contributed by atoms with Gasteiger partial charge in [-0.15, -0.1) is 0 Å². The van der Waals surface area contributed by atoms with Crippen molar-refractivity contribution in [2.45, 2.75) is 31.1 Å². The molecule has 0 aromatic heterocycles. The topological polar surface area (TPSA) is 52.9 Å². The Bertz CT molecular complexity index is 1160. The van der Waals surface area contributed by atoms with Crippen LogP contribution in [-0.2, 0) is 11.8 Å². The Morgan fingerprint density at radius 3 is 1.85 bits per heavy atom. The summed E-state index contributed by atoms with van der Waals surface area (Å²) < 4.78 is 160. The minimum atomic E-state index is -6.71. The van der Waals surface area contributed by atoms with Crippen LogP contribution in [0.4, 0.5) is 58.4 Å². The first-order valence-corrected chi connectivity index (χ1v) is 8.51. The SMILES string of the molecule is Cc1cc(C(F)(C(F)(F)F)C(F)(F)F)cc(C(F)(F)F)c1NC(=O)c1ccc(C#N)c(F)c1F. The van der Waals surface area contributed by atoms with Gasteiger partial charge >= 0.3 is 24.2 Å². The van der Waals surface area contributed by atoms with E-state index in [0.29, 0.717) is 19.1 Å². The number of hydrogen-bond acceptors (Lipinski definition) is 2. The van der Waals surface area contributed by atoms with Crippen molar-refractivity contribution in [3.05, 3.63) is 63.7 Å². The Morgan fingerprint density at radius 1 is 0.882 bits per heavy atom. The number of benzene rings is 2. The summed E-state index contributed by atoms with van der Waals surface area (Å²) in [6.45, 7) is 0.525. The average Bonchev–Trinajstić information content (AvgIpc) is 2.67. The van der Waals surface area contributed by atoms with Gasteiger partial charge in [0.1, 0.15) is 6.07 Å². The van der Waals surface area contributed by atoms with Crippen LogP contribution in [0.2, 0.25) is 0 Å². The highest BCUT2D eigenvalue weighted by molar-refractivity contribution is 6.05. The van der Waals surface area contributed by atoms with Crippen molar-refractivity contribution in [3.63, 3.8) is 0 Å². The van der Waals surface area contributed by atoms with Crippen molar-refractivity contribution in [3.8, 4) is 6.07 Å². The summed E-state index contributed by atoms with van der Waals surface area (Å²) in [6.07, 6.45) is -19.2. The molecule has 2 rings (SSSR count). The second-order valence-corrected chi connectivity index (χ2v) is 6.72. The normalized spacial score (nSPS) is 12.9. The molecule has 15 heteroatoms. The Morgan fingerprint density at radius 2 is 1.41 bits per heavy atom. The highest BCUT2D eigenvalue weighted by Gasteiger charge is 2.73. The lowest BCUT2D eigenvalue weighted by Gasteiger charge is -2.31. The third-order valence-electron chi connectivity index (χ3n) is 4.51. The predicted molar refractivity (Wildman–Crippen MR) is 90.1 cm³/mol. The first-order chi connectivity index (χ1) is 15.3. The zero-order chi connectivity index (χ0) is 26.4. The van der Waals surface area contributed by atoms with Crippen molar-refractivity contribution in [2.24, 2.45) is 0 Å². The van der Waals surface area contributed by atoms with Crippen LogP contribution in [-0.4, -0.2) is 18.3 Å². The smallest absolute Gasteiger partial charge is 0.321 e. The number of amides is 1. The lowest BCUT2D eigenvalue weighted by molar-refractivity contribution is -0.348. The molecule has 0 unspecified atom stereocenters. The summed E-state index contributed by atoms with van der Waals surface area (Å²) in [4.78, 5) is 12.2. The van der Waals surface area contributed by atoms with Crippen LogP contribution in [0.5, 0.6) is 0 Å². The molecule has 34 heavy (non-hydrogen) atoms. The molecule has 0 aliphatic heterocycles. The maximum absolute atomic E-state index is 14.3. The second-order valence-electron chi connectivity index (χ2n) is 6.72. The molecule has 2 aromatic rings. The van der Waals surface area contributed by atoms with Crippen LogP contribution in [0, 0.1) is 29.9 Å². The van der Waals surface area contributed by atoms with E-state index in [1.165, 1.54) is 11.4 Å². The van der Waals surface area contributed by atoms with Gasteiger partial charge in [0, 0.05) is 5.56 Å². The van der Waals surface area contributed by atoms with Crippen molar-refractivity contribution in [1.29, 1.82) is 5.26 Å². The molecule has 0 aliphatic carbocycles. The van der Waals surface area contributed by atoms with Gasteiger partial charge in [-0.2, -0.15) is 44.8 Å². The summed E-state index contributed by atoms with van der Waals surface area (Å²) in [5.74, 6) is -5.59. The van der Waals surface area contributed by atoms with Crippen molar-refractivity contribution >= 4 is 11.6 Å². The number of halogens is 12. The van der Waals surface area contributed by atoms with Crippen LogP contribution < -0.4 is 5.32 Å². The van der Waals surface area contributed by atoms with Crippen molar-refractivity contribution in [2.75, 3.05) is 5.32 Å². The van der Waals surface area contributed by atoms with Gasteiger partial charge < -0.3 is 5.32 Å². The quantitative estimate of drug-likeness (QED) is 0.469. The highest BCUT2D eigenvalue weighted by Crippen LogP contribution is 2.54. The van der Waals surface area contributed by atoms with E-state index in [4.69, 9.17) is 5.26 Å². The molecule has 0 saturated carbocycles. The van der Waals surface area contributed by atoms with E-state index in [9.17, 15) is 57.5 Å². The Labute approximate surface area is 181 Å². The fraction of sp³-hybridized carbons (Fsp3) is 0.263. The fourth-order valence-corrected chi connectivity index (χ4v) is 2.86. The Kier molecular flexibility index (Phi) is 6.63. The molecule has 0 heterocycles. The molecule has 0 atom stereocenters. The van der Waals surface area contributed by atoms with Gasteiger partial charge in [0.05, 0.1) is 22.4 Å². The van der Waals surface area contributed by atoms with Gasteiger partial charge in [0.25, 0.3) is 5.91 Å². The number of rotatable bonds is 3. The van der Waals surface area contributed by atoms with Gasteiger partial charge in [-0.25, -0.2) is 13.2 Å². The first kappa shape index (κ1) is 26.8. The molecule has 1 amide bonds. The molecular formula is C19H8F12N2O. The van der Waals surface area contributed by atoms with E-state index in [2.05, 4.69) is 0 Å². The van der Waals surface area contributed by atoms with E-state index < -0.39 is 81.3 Å². The molecule has 0 fully saturated rings. The van der Waals surface area contributed by atoms with Crippen molar-refractivity contribution in [1.82, 2.24) is 0 Å². The molecule has 0 bridgehead atoms. The van der Waals surface area contributed by atoms with Crippen LogP contribution in [0.15, 0.2) is 24.3 Å². The fourth-order valence-electron chi connectivity index (χ4n) is 2.86. The number of carbonyl (C=O) groups is 1. The van der Waals surface area contributed by atoms with Gasteiger partial charge in [-0.3, -0.25) is 4.79 Å². The van der Waals surface area contributed by atoms with E-state index >= 15 is 0 Å². The van der Waals surface area contributed by atoms with Crippen LogP contribution in [0.1, 0.15) is 32.6 Å². The number of anilines is 1. The average molecular weight is 508 g/mol. The van der Waals surface area contributed by atoms with Gasteiger partial charge in [0.15, 0.2) is 11.6 Å². The van der Waals surface area contributed by atoms with E-state index in [1.807, 2.05) is 0 Å². The van der Waals surface area contributed by atoms with Gasteiger partial charge in [-0.05, 0) is 30.7 Å². The molecular weight excluding hydrogens is 500 g/mol.